The molecule has 2 N–H and O–H groups in total. The van der Waals surface area contributed by atoms with E-state index in [0.29, 0.717) is 36.4 Å². The quantitative estimate of drug-likeness (QED) is 0.818. The molecule has 156 valence electrons. The van der Waals surface area contributed by atoms with E-state index in [1.165, 1.54) is 0 Å². The lowest BCUT2D eigenvalue weighted by atomic mass is 9.95. The van der Waals surface area contributed by atoms with Crippen LogP contribution in [0, 0.1) is 5.92 Å². The highest BCUT2D eigenvalue weighted by molar-refractivity contribution is 6.10. The number of benzene rings is 1. The van der Waals surface area contributed by atoms with Gasteiger partial charge in [-0.25, -0.2) is 0 Å². The molecule has 2 aromatic rings. The van der Waals surface area contributed by atoms with Crippen molar-refractivity contribution in [3.05, 3.63) is 42.2 Å². The third-order valence-electron chi connectivity index (χ3n) is 6.55. The minimum atomic E-state index is -0.584. The zero-order valence-electron chi connectivity index (χ0n) is 16.7. The smallest absolute Gasteiger partial charge is 0.256 e. The van der Waals surface area contributed by atoms with Gasteiger partial charge in [-0.1, -0.05) is 12.8 Å². The molecule has 7 heteroatoms. The van der Waals surface area contributed by atoms with Gasteiger partial charge in [-0.05, 0) is 56.0 Å². The maximum absolute atomic E-state index is 13.3. The first-order chi connectivity index (χ1) is 14.6. The molecule has 1 saturated heterocycles. The first-order valence-electron chi connectivity index (χ1n) is 10.7. The Balaban J connectivity index is 1.35. The lowest BCUT2D eigenvalue weighted by Crippen LogP contribution is -2.55. The number of anilines is 1. The molecule has 30 heavy (non-hydrogen) atoms. The fraction of sp³-hybridized carbons (Fsp3) is 0.435. The highest BCUT2D eigenvalue weighted by atomic mass is 16.3. The van der Waals surface area contributed by atoms with Crippen LogP contribution >= 0.6 is 0 Å². The number of nitrogens with one attached hydrogen (secondary N) is 2. The number of amides is 3. The van der Waals surface area contributed by atoms with Crippen molar-refractivity contribution in [1.29, 1.82) is 0 Å². The van der Waals surface area contributed by atoms with Gasteiger partial charge in [0.15, 0.2) is 0 Å². The van der Waals surface area contributed by atoms with Crippen molar-refractivity contribution in [1.82, 2.24) is 10.2 Å². The van der Waals surface area contributed by atoms with Gasteiger partial charge in [-0.15, -0.1) is 0 Å². The van der Waals surface area contributed by atoms with Gasteiger partial charge in [-0.3, -0.25) is 14.4 Å². The summed E-state index contributed by atoms with van der Waals surface area (Å²) in [5.74, 6) is 0.496. The van der Waals surface area contributed by atoms with E-state index < -0.39 is 6.04 Å². The average Bonchev–Trinajstić information content (AvgIpc) is 3.46. The van der Waals surface area contributed by atoms with Crippen LogP contribution in [0.3, 0.4) is 0 Å². The number of carbonyl (C=O) groups excluding carboxylic acids is 3. The topological polar surface area (TPSA) is 91.7 Å². The van der Waals surface area contributed by atoms with Gasteiger partial charge in [-0.2, -0.15) is 0 Å². The van der Waals surface area contributed by atoms with Gasteiger partial charge in [0.05, 0.1) is 17.5 Å². The zero-order chi connectivity index (χ0) is 20.7. The number of hydrogen-bond donors (Lipinski definition) is 2. The molecular formula is C23H25N3O4. The third-order valence-corrected chi connectivity index (χ3v) is 6.55. The maximum Gasteiger partial charge on any atom is 0.256 e. The van der Waals surface area contributed by atoms with Gasteiger partial charge < -0.3 is 20.0 Å². The van der Waals surface area contributed by atoms with Gasteiger partial charge in [0.2, 0.25) is 11.8 Å². The molecule has 1 aromatic carbocycles. The van der Waals surface area contributed by atoms with Crippen LogP contribution < -0.4 is 10.6 Å². The Hall–Kier alpha value is -3.09. The van der Waals surface area contributed by atoms with Gasteiger partial charge in [0.25, 0.3) is 5.91 Å². The van der Waals surface area contributed by atoms with Crippen molar-refractivity contribution in [2.75, 3.05) is 11.9 Å². The third kappa shape index (κ3) is 3.38. The molecule has 1 aromatic heterocycles. The van der Waals surface area contributed by atoms with Crippen LogP contribution in [-0.2, 0) is 9.59 Å². The lowest BCUT2D eigenvalue weighted by Gasteiger charge is -2.37. The largest absolute Gasteiger partial charge is 0.464 e. The van der Waals surface area contributed by atoms with Crippen LogP contribution in [0.1, 0.15) is 48.9 Å². The van der Waals surface area contributed by atoms with Crippen molar-refractivity contribution in [3.63, 3.8) is 0 Å². The Morgan fingerprint density at radius 3 is 2.73 bits per heavy atom. The predicted octanol–water partition coefficient (Wildman–Crippen LogP) is 3.18. The molecule has 0 bridgehead atoms. The van der Waals surface area contributed by atoms with E-state index in [9.17, 15) is 14.4 Å². The van der Waals surface area contributed by atoms with Crippen LogP contribution in [0.5, 0.6) is 0 Å². The van der Waals surface area contributed by atoms with Crippen molar-refractivity contribution >= 4 is 23.4 Å². The summed E-state index contributed by atoms with van der Waals surface area (Å²) in [6.07, 6.45) is 6.78. The summed E-state index contributed by atoms with van der Waals surface area (Å²) in [5.41, 5.74) is 1.77. The Morgan fingerprint density at radius 1 is 1.13 bits per heavy atom. The summed E-state index contributed by atoms with van der Waals surface area (Å²) in [6, 6.07) is 8.32. The normalized spacial score (nSPS) is 24.1. The number of hydrogen-bond acceptors (Lipinski definition) is 4. The summed E-state index contributed by atoms with van der Waals surface area (Å²) >= 11 is 0. The molecule has 0 radical (unpaired) electrons. The number of rotatable bonds is 3. The van der Waals surface area contributed by atoms with Gasteiger partial charge in [0, 0.05) is 24.1 Å². The van der Waals surface area contributed by atoms with Gasteiger partial charge in [0.1, 0.15) is 11.8 Å². The number of piperidine rings is 1. The summed E-state index contributed by atoms with van der Waals surface area (Å²) in [6.45, 7) is 0.441. The fourth-order valence-electron chi connectivity index (χ4n) is 4.89. The summed E-state index contributed by atoms with van der Waals surface area (Å²) in [4.78, 5) is 40.4. The number of fused-ring (bicyclic) bond motifs is 2. The second kappa shape index (κ2) is 7.63. The Morgan fingerprint density at radius 2 is 1.97 bits per heavy atom. The average molecular weight is 407 g/mol. The maximum atomic E-state index is 13.3. The monoisotopic (exact) mass is 407 g/mol. The molecule has 2 unspecified atom stereocenters. The summed E-state index contributed by atoms with van der Waals surface area (Å²) < 4.78 is 5.45. The molecule has 2 fully saturated rings. The van der Waals surface area contributed by atoms with Crippen molar-refractivity contribution in [2.45, 2.75) is 50.6 Å². The van der Waals surface area contributed by atoms with E-state index in [2.05, 4.69) is 10.6 Å². The van der Waals surface area contributed by atoms with Gasteiger partial charge >= 0.3 is 0 Å². The lowest BCUT2D eigenvalue weighted by molar-refractivity contribution is -0.127. The second-order valence-electron chi connectivity index (χ2n) is 8.45. The van der Waals surface area contributed by atoms with E-state index >= 15 is 0 Å². The molecule has 2 atom stereocenters. The van der Waals surface area contributed by atoms with Crippen molar-refractivity contribution in [3.8, 4) is 11.3 Å². The first-order valence-corrected chi connectivity index (χ1v) is 10.7. The van der Waals surface area contributed by atoms with Crippen LogP contribution in [0.15, 0.2) is 41.0 Å². The summed E-state index contributed by atoms with van der Waals surface area (Å²) in [7, 11) is 0. The van der Waals surface area contributed by atoms with Crippen molar-refractivity contribution in [2.24, 2.45) is 5.92 Å². The van der Waals surface area contributed by atoms with Crippen LogP contribution in [0.4, 0.5) is 5.69 Å². The summed E-state index contributed by atoms with van der Waals surface area (Å²) in [5, 5.41) is 6.04. The molecule has 5 rings (SSSR count). The number of carbonyl (C=O) groups is 3. The van der Waals surface area contributed by atoms with E-state index in [-0.39, 0.29) is 29.7 Å². The highest BCUT2D eigenvalue weighted by Crippen LogP contribution is 2.32. The fourth-order valence-corrected chi connectivity index (χ4v) is 4.89. The second-order valence-corrected chi connectivity index (χ2v) is 8.45. The number of nitrogens with zero attached hydrogens (tertiary/aromatic N) is 1. The molecule has 3 aliphatic rings. The van der Waals surface area contributed by atoms with Crippen LogP contribution in [0.2, 0.25) is 0 Å². The molecule has 1 aliphatic carbocycles. The van der Waals surface area contributed by atoms with Crippen LogP contribution in [-0.4, -0.2) is 41.2 Å². The van der Waals surface area contributed by atoms with Crippen molar-refractivity contribution < 1.29 is 18.8 Å². The molecule has 3 heterocycles. The molecular weight excluding hydrogens is 382 g/mol. The molecule has 2 aliphatic heterocycles. The zero-order valence-corrected chi connectivity index (χ0v) is 16.7. The molecule has 0 spiro atoms. The van der Waals surface area contributed by atoms with Crippen LogP contribution in [0.25, 0.3) is 11.3 Å². The van der Waals surface area contributed by atoms with E-state index in [0.717, 1.165) is 31.2 Å². The Bertz CT molecular complexity index is 978. The minimum absolute atomic E-state index is 0.0854. The molecule has 1 saturated carbocycles. The van der Waals surface area contributed by atoms with E-state index in [1.807, 2.05) is 12.1 Å². The Labute approximate surface area is 174 Å². The first kappa shape index (κ1) is 18.9. The minimum Gasteiger partial charge on any atom is -0.464 e. The predicted molar refractivity (Wildman–Crippen MR) is 111 cm³/mol. The molecule has 7 nitrogen and oxygen atoms in total. The van der Waals surface area contributed by atoms with E-state index in [4.69, 9.17) is 4.42 Å². The standard InChI is InChI=1S/C23H25N3O4/c27-21(14-4-1-2-5-14)24-16-9-10-26-19(13-16)22(28)25-18-8-7-15(12-17(18)23(26)29)20-6-3-11-30-20/h3,6-8,11-12,14,16,19H,1-2,4-5,9-10,13H2,(H,24,27)(H,25,28). The SMILES string of the molecule is O=C(NC1CCN2C(=O)c3cc(-c4ccco4)ccc3NC(=O)C2C1)C1CCCC1. The Kier molecular flexibility index (Phi) is 4.81. The molecule has 3 amide bonds. The number of furan rings is 1. The highest BCUT2D eigenvalue weighted by Gasteiger charge is 2.40. The van der Waals surface area contributed by atoms with E-state index in [1.54, 1.807) is 29.4 Å².